The lowest BCUT2D eigenvalue weighted by atomic mass is 9.93. The van der Waals surface area contributed by atoms with Crippen molar-refractivity contribution in [2.24, 2.45) is 5.92 Å². The molecule has 2 N–H and O–H groups in total. The highest BCUT2D eigenvalue weighted by atomic mass is 32.1. The van der Waals surface area contributed by atoms with Gasteiger partial charge in [-0.3, -0.25) is 0 Å². The third-order valence-electron chi connectivity index (χ3n) is 4.63. The second kappa shape index (κ2) is 7.66. The number of aromatic nitrogens is 1. The van der Waals surface area contributed by atoms with E-state index in [0.29, 0.717) is 12.5 Å². The minimum atomic E-state index is -0.933. The number of carboxylic acid groups (broad SMARTS) is 1. The number of anilines is 1. The average Bonchev–Trinajstić information content (AvgIpc) is 3.01. The summed E-state index contributed by atoms with van der Waals surface area (Å²) in [5.41, 5.74) is 3.53. The third-order valence-corrected chi connectivity index (χ3v) is 5.49. The van der Waals surface area contributed by atoms with Crippen LogP contribution in [0.25, 0.3) is 11.3 Å². The van der Waals surface area contributed by atoms with E-state index in [1.54, 1.807) is 11.3 Å². The molecule has 3 rings (SSSR count). The number of piperidine rings is 1. The van der Waals surface area contributed by atoms with Gasteiger partial charge in [0.05, 0.1) is 5.69 Å². The second-order valence-corrected chi connectivity index (χ2v) is 7.04. The molecule has 2 aromatic heterocycles. The van der Waals surface area contributed by atoms with Crippen LogP contribution in [0, 0.1) is 12.8 Å². The molecule has 0 atom stereocenters. The van der Waals surface area contributed by atoms with Crippen LogP contribution in [0.1, 0.15) is 24.8 Å². The van der Waals surface area contributed by atoms with Crippen molar-refractivity contribution in [1.29, 1.82) is 0 Å². The smallest absolute Gasteiger partial charge is 0.404 e. The molecule has 128 valence electrons. The molecule has 0 saturated carbocycles. The van der Waals surface area contributed by atoms with Crippen LogP contribution in [0.3, 0.4) is 0 Å². The summed E-state index contributed by atoms with van der Waals surface area (Å²) in [5, 5.41) is 15.4. The molecular formula is C18H23N3O2S. The van der Waals surface area contributed by atoms with Crippen molar-refractivity contribution in [2.45, 2.75) is 26.2 Å². The zero-order chi connectivity index (χ0) is 16.9. The van der Waals surface area contributed by atoms with E-state index in [1.165, 1.54) is 11.1 Å². The molecule has 1 amide bonds. The fourth-order valence-corrected chi connectivity index (χ4v) is 4.05. The van der Waals surface area contributed by atoms with E-state index in [4.69, 9.17) is 10.1 Å². The van der Waals surface area contributed by atoms with Crippen LogP contribution in [-0.4, -0.2) is 35.8 Å². The topological polar surface area (TPSA) is 65.5 Å². The van der Waals surface area contributed by atoms with Gasteiger partial charge in [-0.15, -0.1) is 0 Å². The van der Waals surface area contributed by atoms with Crippen molar-refractivity contribution in [3.63, 3.8) is 0 Å². The number of nitrogens with one attached hydrogen (secondary N) is 1. The highest BCUT2D eigenvalue weighted by molar-refractivity contribution is 7.08. The van der Waals surface area contributed by atoms with Crippen molar-refractivity contribution in [2.75, 3.05) is 24.5 Å². The summed E-state index contributed by atoms with van der Waals surface area (Å²) < 4.78 is 0. The summed E-state index contributed by atoms with van der Waals surface area (Å²) >= 11 is 1.71. The quantitative estimate of drug-likeness (QED) is 0.860. The van der Waals surface area contributed by atoms with Gasteiger partial charge in [0.15, 0.2) is 0 Å². The maximum Gasteiger partial charge on any atom is 0.404 e. The molecule has 0 unspecified atom stereocenters. The summed E-state index contributed by atoms with van der Waals surface area (Å²) in [7, 11) is 0. The molecule has 0 aliphatic carbocycles. The van der Waals surface area contributed by atoms with Gasteiger partial charge in [-0.05, 0) is 55.2 Å². The number of nitrogens with zero attached hydrogens (tertiary/aromatic N) is 2. The summed E-state index contributed by atoms with van der Waals surface area (Å²) in [6.07, 6.45) is 2.16. The lowest BCUT2D eigenvalue weighted by molar-refractivity contribution is 0.193. The normalized spacial score (nSPS) is 15.5. The summed E-state index contributed by atoms with van der Waals surface area (Å²) in [5.74, 6) is 1.63. The van der Waals surface area contributed by atoms with Crippen LogP contribution in [0.2, 0.25) is 0 Å². The van der Waals surface area contributed by atoms with Gasteiger partial charge in [-0.1, -0.05) is 6.07 Å². The van der Waals surface area contributed by atoms with Gasteiger partial charge in [0.25, 0.3) is 0 Å². The minimum absolute atomic E-state index is 0.547. The zero-order valence-corrected chi connectivity index (χ0v) is 14.7. The molecular weight excluding hydrogens is 322 g/mol. The Bertz CT molecular complexity index is 693. The SMILES string of the molecule is Cc1cscc1-c1cccc(N2CCC(CCNC(=O)O)CC2)n1. The number of carbonyl (C=O) groups is 1. The van der Waals surface area contributed by atoms with Crippen LogP contribution in [0.15, 0.2) is 29.0 Å². The van der Waals surface area contributed by atoms with Gasteiger partial charge in [0, 0.05) is 30.6 Å². The van der Waals surface area contributed by atoms with E-state index in [0.717, 1.165) is 43.9 Å². The van der Waals surface area contributed by atoms with Gasteiger partial charge < -0.3 is 15.3 Å². The van der Waals surface area contributed by atoms with Crippen molar-refractivity contribution in [3.8, 4) is 11.3 Å². The third kappa shape index (κ3) is 4.06. The Morgan fingerprint density at radius 1 is 1.38 bits per heavy atom. The molecule has 1 aliphatic rings. The number of thiophene rings is 1. The van der Waals surface area contributed by atoms with Gasteiger partial charge >= 0.3 is 6.09 Å². The predicted octanol–water partition coefficient (Wildman–Crippen LogP) is 3.99. The van der Waals surface area contributed by atoms with Gasteiger partial charge in [0.2, 0.25) is 0 Å². The number of amides is 1. The van der Waals surface area contributed by atoms with Crippen LogP contribution in [-0.2, 0) is 0 Å². The Kier molecular flexibility index (Phi) is 5.35. The van der Waals surface area contributed by atoms with Crippen LogP contribution in [0.4, 0.5) is 10.6 Å². The highest BCUT2D eigenvalue weighted by Crippen LogP contribution is 2.28. The molecule has 6 heteroatoms. The molecule has 5 nitrogen and oxygen atoms in total. The predicted molar refractivity (Wildman–Crippen MR) is 97.9 cm³/mol. The van der Waals surface area contributed by atoms with E-state index in [1.807, 2.05) is 0 Å². The molecule has 1 aliphatic heterocycles. The number of pyridine rings is 1. The lowest BCUT2D eigenvalue weighted by Gasteiger charge is -2.33. The first-order valence-electron chi connectivity index (χ1n) is 8.35. The first kappa shape index (κ1) is 16.8. The highest BCUT2D eigenvalue weighted by Gasteiger charge is 2.20. The van der Waals surface area contributed by atoms with Gasteiger partial charge in [-0.2, -0.15) is 11.3 Å². The maximum atomic E-state index is 10.5. The number of rotatable bonds is 5. The Labute approximate surface area is 146 Å². The molecule has 24 heavy (non-hydrogen) atoms. The molecule has 0 radical (unpaired) electrons. The fourth-order valence-electron chi connectivity index (χ4n) is 3.21. The number of hydrogen-bond acceptors (Lipinski definition) is 4. The van der Waals surface area contributed by atoms with Crippen LogP contribution >= 0.6 is 11.3 Å². The van der Waals surface area contributed by atoms with E-state index in [2.05, 4.69) is 46.1 Å². The largest absolute Gasteiger partial charge is 0.465 e. The zero-order valence-electron chi connectivity index (χ0n) is 13.9. The van der Waals surface area contributed by atoms with E-state index in [9.17, 15) is 4.79 Å². The van der Waals surface area contributed by atoms with Crippen LogP contribution in [0.5, 0.6) is 0 Å². The summed E-state index contributed by atoms with van der Waals surface area (Å²) in [4.78, 5) is 17.7. The lowest BCUT2D eigenvalue weighted by Crippen LogP contribution is -2.35. The van der Waals surface area contributed by atoms with E-state index in [-0.39, 0.29) is 0 Å². The van der Waals surface area contributed by atoms with Crippen molar-refractivity contribution in [1.82, 2.24) is 10.3 Å². The van der Waals surface area contributed by atoms with Crippen molar-refractivity contribution >= 4 is 23.2 Å². The van der Waals surface area contributed by atoms with E-state index >= 15 is 0 Å². The first-order chi connectivity index (χ1) is 11.6. The Hall–Kier alpha value is -2.08. The number of aryl methyl sites for hydroxylation is 1. The Morgan fingerprint density at radius 3 is 2.83 bits per heavy atom. The molecule has 1 fully saturated rings. The van der Waals surface area contributed by atoms with E-state index < -0.39 is 6.09 Å². The minimum Gasteiger partial charge on any atom is -0.465 e. The number of hydrogen-bond donors (Lipinski definition) is 2. The standard InChI is InChI=1S/C18H23N3O2S/c1-13-11-24-12-15(13)16-3-2-4-17(20-16)21-9-6-14(7-10-21)5-8-19-18(22)23/h2-4,11-12,14,19H,5-10H2,1H3,(H,22,23). The Morgan fingerprint density at radius 2 is 2.17 bits per heavy atom. The molecule has 0 bridgehead atoms. The Balaban J connectivity index is 1.59. The molecule has 3 heterocycles. The molecule has 0 spiro atoms. The van der Waals surface area contributed by atoms with Crippen molar-refractivity contribution in [3.05, 3.63) is 34.5 Å². The second-order valence-electron chi connectivity index (χ2n) is 6.30. The molecule has 2 aromatic rings. The van der Waals surface area contributed by atoms with Gasteiger partial charge in [-0.25, -0.2) is 9.78 Å². The fraction of sp³-hybridized carbons (Fsp3) is 0.444. The van der Waals surface area contributed by atoms with Gasteiger partial charge in [0.1, 0.15) is 5.82 Å². The maximum absolute atomic E-state index is 10.5. The monoisotopic (exact) mass is 345 g/mol. The average molecular weight is 345 g/mol. The molecule has 0 aromatic carbocycles. The summed E-state index contributed by atoms with van der Waals surface area (Å²) in [6, 6.07) is 6.23. The summed E-state index contributed by atoms with van der Waals surface area (Å²) in [6.45, 7) is 4.63. The van der Waals surface area contributed by atoms with Crippen LogP contribution < -0.4 is 10.2 Å². The molecule has 1 saturated heterocycles. The first-order valence-corrected chi connectivity index (χ1v) is 9.29. The van der Waals surface area contributed by atoms with Crippen molar-refractivity contribution < 1.29 is 9.90 Å².